The number of hydrogen-bond acceptors (Lipinski definition) is 6. The average Bonchev–Trinajstić information content (AvgIpc) is 2.86. The van der Waals surface area contributed by atoms with Crippen LogP contribution in [0.1, 0.15) is 11.1 Å². The Labute approximate surface area is 162 Å². The first-order chi connectivity index (χ1) is 12.0. The van der Waals surface area contributed by atoms with Crippen molar-refractivity contribution in [3.63, 3.8) is 0 Å². The van der Waals surface area contributed by atoms with Crippen molar-refractivity contribution in [3.8, 4) is 11.5 Å². The third kappa shape index (κ3) is 3.86. The van der Waals surface area contributed by atoms with Crippen molar-refractivity contribution in [2.24, 2.45) is 0 Å². The summed E-state index contributed by atoms with van der Waals surface area (Å²) in [7, 11) is 1.47. The zero-order valence-corrected chi connectivity index (χ0v) is 16.3. The number of halogens is 1. The molecule has 1 N–H and O–H groups in total. The number of thioether (sulfide) groups is 1. The number of amides is 1. The Bertz CT molecular complexity index is 872. The fourth-order valence-corrected chi connectivity index (χ4v) is 3.98. The molecule has 1 fully saturated rings. The lowest BCUT2D eigenvalue weighted by molar-refractivity contribution is -0.122. The van der Waals surface area contributed by atoms with Gasteiger partial charge in [-0.05, 0) is 35.4 Å². The van der Waals surface area contributed by atoms with Gasteiger partial charge in [-0.15, -0.1) is 0 Å². The van der Waals surface area contributed by atoms with Crippen LogP contribution in [-0.2, 0) is 11.3 Å². The van der Waals surface area contributed by atoms with Gasteiger partial charge in [0.2, 0.25) is 0 Å². The molecule has 1 aromatic heterocycles. The Morgan fingerprint density at radius 2 is 2.28 bits per heavy atom. The van der Waals surface area contributed by atoms with Gasteiger partial charge < -0.3 is 9.84 Å². The molecule has 1 saturated heterocycles. The van der Waals surface area contributed by atoms with Crippen molar-refractivity contribution in [2.45, 2.75) is 6.54 Å². The lowest BCUT2D eigenvalue weighted by atomic mass is 10.2. The van der Waals surface area contributed by atoms with Gasteiger partial charge >= 0.3 is 0 Å². The van der Waals surface area contributed by atoms with E-state index in [1.165, 1.54) is 24.9 Å². The average molecular weight is 437 g/mol. The van der Waals surface area contributed by atoms with Crippen molar-refractivity contribution in [3.05, 3.63) is 57.2 Å². The van der Waals surface area contributed by atoms with Gasteiger partial charge in [-0.3, -0.25) is 14.7 Å². The highest BCUT2D eigenvalue weighted by Crippen LogP contribution is 2.37. The first-order valence-corrected chi connectivity index (χ1v) is 9.22. The van der Waals surface area contributed by atoms with Crippen molar-refractivity contribution >= 4 is 56.2 Å². The molecule has 25 heavy (non-hydrogen) atoms. The van der Waals surface area contributed by atoms with Crippen LogP contribution in [0, 0.1) is 0 Å². The molecule has 0 spiro atoms. The Morgan fingerprint density at radius 1 is 1.48 bits per heavy atom. The highest BCUT2D eigenvalue weighted by atomic mass is 79.9. The van der Waals surface area contributed by atoms with E-state index in [4.69, 9.17) is 17.0 Å². The normalized spacial score (nSPS) is 15.9. The van der Waals surface area contributed by atoms with Crippen LogP contribution in [0.4, 0.5) is 0 Å². The van der Waals surface area contributed by atoms with Gasteiger partial charge in [0, 0.05) is 16.9 Å². The maximum atomic E-state index is 12.7. The number of benzene rings is 1. The molecule has 0 radical (unpaired) electrons. The van der Waals surface area contributed by atoms with E-state index in [-0.39, 0.29) is 11.7 Å². The molecular formula is C17H13BrN2O3S2. The zero-order chi connectivity index (χ0) is 18.0. The molecule has 3 rings (SSSR count). The van der Waals surface area contributed by atoms with E-state index >= 15 is 0 Å². The van der Waals surface area contributed by atoms with Crippen molar-refractivity contribution in [1.29, 1.82) is 0 Å². The number of phenolic OH excluding ortho intramolecular Hbond substituents is 1. The minimum Gasteiger partial charge on any atom is -0.504 e. The smallest absolute Gasteiger partial charge is 0.266 e. The number of rotatable bonds is 4. The van der Waals surface area contributed by atoms with Gasteiger partial charge in [0.15, 0.2) is 11.5 Å². The minimum absolute atomic E-state index is 0.0238. The Kier molecular flexibility index (Phi) is 5.41. The van der Waals surface area contributed by atoms with Crippen LogP contribution in [0.2, 0.25) is 0 Å². The molecule has 1 aliphatic rings. The molecule has 8 heteroatoms. The first kappa shape index (κ1) is 17.9. The van der Waals surface area contributed by atoms with Crippen molar-refractivity contribution in [2.75, 3.05) is 7.11 Å². The van der Waals surface area contributed by atoms with Crippen LogP contribution in [0.5, 0.6) is 11.5 Å². The number of aromatic hydroxyl groups is 1. The van der Waals surface area contributed by atoms with E-state index < -0.39 is 0 Å². The second-order valence-electron chi connectivity index (χ2n) is 5.17. The molecule has 1 aliphatic heterocycles. The molecule has 0 unspecified atom stereocenters. The summed E-state index contributed by atoms with van der Waals surface area (Å²) in [4.78, 5) is 18.8. The number of ether oxygens (including phenoxy) is 1. The molecule has 1 amide bonds. The molecule has 128 valence electrons. The summed E-state index contributed by atoms with van der Waals surface area (Å²) in [6, 6.07) is 6.91. The maximum Gasteiger partial charge on any atom is 0.266 e. The fourth-order valence-electron chi connectivity index (χ4n) is 2.28. The summed E-state index contributed by atoms with van der Waals surface area (Å²) < 4.78 is 6.28. The molecular weight excluding hydrogens is 424 g/mol. The van der Waals surface area contributed by atoms with Gasteiger partial charge in [0.1, 0.15) is 4.32 Å². The number of phenols is 1. The lowest BCUT2D eigenvalue weighted by Crippen LogP contribution is -2.27. The van der Waals surface area contributed by atoms with Crippen LogP contribution < -0.4 is 4.74 Å². The quantitative estimate of drug-likeness (QED) is 0.577. The molecule has 0 saturated carbocycles. The molecule has 0 bridgehead atoms. The second-order valence-corrected chi connectivity index (χ2v) is 7.70. The second kappa shape index (κ2) is 7.55. The van der Waals surface area contributed by atoms with Crippen LogP contribution in [-0.4, -0.2) is 32.3 Å². The van der Waals surface area contributed by atoms with E-state index in [1.807, 2.05) is 12.1 Å². The van der Waals surface area contributed by atoms with Crippen LogP contribution in [0.3, 0.4) is 0 Å². The molecule has 1 aromatic carbocycles. The molecule has 5 nitrogen and oxygen atoms in total. The Hall–Kier alpha value is -1.90. The highest BCUT2D eigenvalue weighted by Gasteiger charge is 2.32. The largest absolute Gasteiger partial charge is 0.504 e. The Morgan fingerprint density at radius 3 is 2.96 bits per heavy atom. The maximum absolute atomic E-state index is 12.7. The van der Waals surface area contributed by atoms with Gasteiger partial charge in [-0.2, -0.15) is 0 Å². The minimum atomic E-state index is -0.155. The topological polar surface area (TPSA) is 62.7 Å². The van der Waals surface area contributed by atoms with E-state index in [0.717, 1.165) is 11.1 Å². The van der Waals surface area contributed by atoms with Crippen LogP contribution >= 0.6 is 39.9 Å². The van der Waals surface area contributed by atoms with Gasteiger partial charge in [-0.25, -0.2) is 0 Å². The number of hydrogen-bond donors (Lipinski definition) is 1. The highest BCUT2D eigenvalue weighted by molar-refractivity contribution is 9.10. The number of nitrogens with zero attached hydrogens (tertiary/aromatic N) is 2. The van der Waals surface area contributed by atoms with Crippen LogP contribution in [0.25, 0.3) is 6.08 Å². The summed E-state index contributed by atoms with van der Waals surface area (Å²) in [6.45, 7) is 0.385. The van der Waals surface area contributed by atoms with E-state index in [9.17, 15) is 9.90 Å². The van der Waals surface area contributed by atoms with Gasteiger partial charge in [0.25, 0.3) is 5.91 Å². The molecule has 2 aromatic rings. The summed E-state index contributed by atoms with van der Waals surface area (Å²) in [5.41, 5.74) is 1.63. The first-order valence-electron chi connectivity index (χ1n) is 7.20. The predicted molar refractivity (Wildman–Crippen MR) is 105 cm³/mol. The lowest BCUT2D eigenvalue weighted by Gasteiger charge is -2.13. The summed E-state index contributed by atoms with van der Waals surface area (Å²) in [6.07, 6.45) is 5.13. The zero-order valence-electron chi connectivity index (χ0n) is 13.1. The van der Waals surface area contributed by atoms with Gasteiger partial charge in [0.05, 0.1) is 18.6 Å². The van der Waals surface area contributed by atoms with E-state index in [1.54, 1.807) is 29.4 Å². The number of aromatic nitrogens is 1. The SMILES string of the molecule is COc1cc(C=C2SC(=S)N(Cc3cccnc3)C2=O)c(Br)cc1O. The summed E-state index contributed by atoms with van der Waals surface area (Å²) in [5, 5.41) is 9.79. The van der Waals surface area contributed by atoms with Crippen molar-refractivity contribution in [1.82, 2.24) is 9.88 Å². The van der Waals surface area contributed by atoms with Gasteiger partial charge in [-0.1, -0.05) is 46.0 Å². The standard InChI is InChI=1S/C17H13BrN2O3S2/c1-23-14-5-11(12(18)7-13(14)21)6-15-16(22)20(17(24)25-15)9-10-3-2-4-19-8-10/h2-8,21H,9H2,1H3. The summed E-state index contributed by atoms with van der Waals surface area (Å²) in [5.74, 6) is 0.203. The monoisotopic (exact) mass is 436 g/mol. The number of carbonyl (C=O) groups is 1. The third-order valence-corrected chi connectivity index (χ3v) is 5.59. The van der Waals surface area contributed by atoms with Crippen molar-refractivity contribution < 1.29 is 14.6 Å². The van der Waals surface area contributed by atoms with E-state index in [0.29, 0.717) is 26.0 Å². The number of methoxy groups -OCH3 is 1. The molecule has 0 atom stereocenters. The van der Waals surface area contributed by atoms with Crippen LogP contribution in [0.15, 0.2) is 46.0 Å². The number of carbonyl (C=O) groups excluding carboxylic acids is 1. The molecule has 0 aliphatic carbocycles. The summed E-state index contributed by atoms with van der Waals surface area (Å²) >= 11 is 9.98. The molecule has 2 heterocycles. The number of pyridine rings is 1. The number of thiocarbonyl (C=S) groups is 1. The fraction of sp³-hybridized carbons (Fsp3) is 0.118. The third-order valence-electron chi connectivity index (χ3n) is 3.52. The predicted octanol–water partition coefficient (Wildman–Crippen LogP) is 3.96. The Balaban J connectivity index is 1.88. The van der Waals surface area contributed by atoms with E-state index in [2.05, 4.69) is 20.9 Å².